The number of hydrogen-bond donors (Lipinski definition) is 0. The van der Waals surface area contributed by atoms with Gasteiger partial charge >= 0.3 is 0 Å². The van der Waals surface area contributed by atoms with Gasteiger partial charge in [-0.05, 0) is 29.5 Å². The van der Waals surface area contributed by atoms with E-state index in [0.717, 1.165) is 38.7 Å². The molecule has 0 bridgehead atoms. The highest BCUT2D eigenvalue weighted by Crippen LogP contribution is 2.34. The number of aromatic nitrogens is 1. The van der Waals surface area contributed by atoms with Crippen molar-refractivity contribution < 1.29 is 14.5 Å². The first-order chi connectivity index (χ1) is 14.5. The fraction of sp³-hybridized carbons (Fsp3) is 0.0909. The molecule has 2 amide bonds. The van der Waals surface area contributed by atoms with Crippen LogP contribution in [0.25, 0.3) is 17.0 Å². The number of carbonyl (C=O) groups is 2. The topological polar surface area (TPSA) is 85.4 Å². The number of amides is 2. The predicted octanol–water partition coefficient (Wildman–Crippen LogP) is 4.82. The second-order valence-electron chi connectivity index (χ2n) is 6.74. The van der Waals surface area contributed by atoms with E-state index >= 15 is 0 Å². The van der Waals surface area contributed by atoms with Crippen LogP contribution in [0.2, 0.25) is 0 Å². The zero-order valence-corrected chi connectivity index (χ0v) is 16.7. The van der Waals surface area contributed by atoms with Gasteiger partial charge < -0.3 is 4.57 Å². The molecule has 1 saturated heterocycles. The predicted molar refractivity (Wildman–Crippen MR) is 117 cm³/mol. The number of para-hydroxylation sites is 1. The summed E-state index contributed by atoms with van der Waals surface area (Å²) in [7, 11) is 0. The molecule has 30 heavy (non-hydrogen) atoms. The number of hydrogen-bond acceptors (Lipinski definition) is 5. The quantitative estimate of drug-likeness (QED) is 0.247. The van der Waals surface area contributed by atoms with Crippen molar-refractivity contribution in [3.63, 3.8) is 0 Å². The molecule has 0 unspecified atom stereocenters. The average Bonchev–Trinajstić information content (AvgIpc) is 3.21. The Balaban J connectivity index is 1.72. The van der Waals surface area contributed by atoms with Crippen molar-refractivity contribution >= 4 is 45.6 Å². The number of fused-ring (bicyclic) bond motifs is 1. The van der Waals surface area contributed by atoms with Crippen LogP contribution in [-0.2, 0) is 11.3 Å². The van der Waals surface area contributed by atoms with E-state index in [9.17, 15) is 19.7 Å². The Morgan fingerprint density at radius 1 is 1.13 bits per heavy atom. The smallest absolute Gasteiger partial charge is 0.293 e. The number of nitro benzene ring substituents is 1. The second kappa shape index (κ2) is 8.00. The molecule has 0 saturated carbocycles. The van der Waals surface area contributed by atoms with Gasteiger partial charge in [-0.25, -0.2) is 0 Å². The van der Waals surface area contributed by atoms with E-state index in [1.54, 1.807) is 18.2 Å². The summed E-state index contributed by atoms with van der Waals surface area (Å²) >= 11 is 0.910. The highest BCUT2D eigenvalue weighted by Gasteiger charge is 2.34. The van der Waals surface area contributed by atoms with E-state index in [1.807, 2.05) is 41.1 Å². The van der Waals surface area contributed by atoms with Gasteiger partial charge in [0, 0.05) is 47.9 Å². The highest BCUT2D eigenvalue weighted by molar-refractivity contribution is 8.18. The molecular formula is C22H17N3O4S. The zero-order valence-electron chi connectivity index (χ0n) is 15.9. The summed E-state index contributed by atoms with van der Waals surface area (Å²) in [6.07, 6.45) is 5.13. The molecule has 1 fully saturated rings. The Hall–Kier alpha value is -3.65. The maximum Gasteiger partial charge on any atom is 0.293 e. The Morgan fingerprint density at radius 3 is 2.70 bits per heavy atom. The number of carbonyl (C=O) groups excluding carboxylic acids is 2. The first-order valence-corrected chi connectivity index (χ1v) is 9.97. The molecule has 0 aliphatic carbocycles. The number of thioether (sulfide) groups is 1. The Labute approximate surface area is 176 Å². The minimum atomic E-state index is -0.415. The molecule has 0 radical (unpaired) electrons. The SMILES string of the molecule is C=CCN1C(=O)S/C(=C/c2cn(Cc3cccc([N+](=O)[O-])c3)c3ccccc23)C1=O. The third-order valence-corrected chi connectivity index (χ3v) is 5.67. The van der Waals surface area contributed by atoms with E-state index in [-0.39, 0.29) is 23.4 Å². The second-order valence-corrected chi connectivity index (χ2v) is 7.73. The van der Waals surface area contributed by atoms with E-state index < -0.39 is 4.92 Å². The molecule has 150 valence electrons. The number of non-ortho nitro benzene ring substituents is 1. The lowest BCUT2D eigenvalue weighted by Gasteiger charge is -2.07. The van der Waals surface area contributed by atoms with Gasteiger partial charge in [0.15, 0.2) is 0 Å². The van der Waals surface area contributed by atoms with Gasteiger partial charge in [0.1, 0.15) is 0 Å². The summed E-state index contributed by atoms with van der Waals surface area (Å²) in [5.74, 6) is -0.333. The standard InChI is InChI=1S/C22H17N3O4S/c1-2-10-24-21(26)20(30-22(24)27)12-16-14-23(19-9-4-3-8-18(16)19)13-15-6-5-7-17(11-15)25(28)29/h2-9,11-12,14H,1,10,13H2/b20-12+. The van der Waals surface area contributed by atoms with Gasteiger partial charge in [-0.3, -0.25) is 24.6 Å². The molecule has 4 rings (SSSR count). The van der Waals surface area contributed by atoms with Crippen LogP contribution in [0.15, 0.2) is 72.3 Å². The number of nitrogens with zero attached hydrogens (tertiary/aromatic N) is 3. The van der Waals surface area contributed by atoms with Gasteiger partial charge in [-0.2, -0.15) is 0 Å². The van der Waals surface area contributed by atoms with E-state index in [1.165, 1.54) is 12.1 Å². The fourth-order valence-corrected chi connectivity index (χ4v) is 4.25. The number of benzene rings is 2. The van der Waals surface area contributed by atoms with Gasteiger partial charge in [-0.15, -0.1) is 6.58 Å². The summed E-state index contributed by atoms with van der Waals surface area (Å²) in [6.45, 7) is 4.20. The largest absolute Gasteiger partial charge is 0.342 e. The van der Waals surface area contributed by atoms with Gasteiger partial charge in [-0.1, -0.05) is 36.4 Å². The minimum absolute atomic E-state index is 0.0417. The summed E-state index contributed by atoms with van der Waals surface area (Å²) in [5, 5.41) is 11.7. The molecule has 2 aromatic carbocycles. The van der Waals surface area contributed by atoms with Gasteiger partial charge in [0.25, 0.3) is 16.8 Å². The minimum Gasteiger partial charge on any atom is -0.342 e. The molecular weight excluding hydrogens is 402 g/mol. The summed E-state index contributed by atoms with van der Waals surface area (Å²) in [5.41, 5.74) is 2.57. The van der Waals surface area contributed by atoms with Crippen LogP contribution in [0.4, 0.5) is 10.5 Å². The lowest BCUT2D eigenvalue weighted by atomic mass is 10.1. The van der Waals surface area contributed by atoms with Crippen LogP contribution < -0.4 is 0 Å². The Bertz CT molecular complexity index is 1230. The maximum absolute atomic E-state index is 12.5. The Kier molecular flexibility index (Phi) is 5.24. The van der Waals surface area contributed by atoms with Crippen LogP contribution in [0.1, 0.15) is 11.1 Å². The van der Waals surface area contributed by atoms with Crippen LogP contribution in [-0.4, -0.2) is 32.1 Å². The summed E-state index contributed by atoms with van der Waals surface area (Å²) < 4.78 is 1.98. The molecule has 2 heterocycles. The van der Waals surface area contributed by atoms with Crippen molar-refractivity contribution in [2.45, 2.75) is 6.54 Å². The average molecular weight is 419 g/mol. The van der Waals surface area contributed by atoms with Crippen molar-refractivity contribution in [3.05, 3.63) is 93.5 Å². The fourth-order valence-electron chi connectivity index (χ4n) is 3.41. The van der Waals surface area contributed by atoms with Crippen LogP contribution >= 0.6 is 11.8 Å². The third kappa shape index (κ3) is 3.65. The van der Waals surface area contributed by atoms with Gasteiger partial charge in [0.2, 0.25) is 0 Å². The molecule has 1 aliphatic heterocycles. The molecule has 7 nitrogen and oxygen atoms in total. The van der Waals surface area contributed by atoms with Crippen molar-refractivity contribution in [2.24, 2.45) is 0 Å². The van der Waals surface area contributed by atoms with Crippen molar-refractivity contribution in [2.75, 3.05) is 6.54 Å². The maximum atomic E-state index is 12.5. The number of imide groups is 1. The molecule has 1 aromatic heterocycles. The first kappa shape index (κ1) is 19.7. The molecule has 0 atom stereocenters. The number of nitro groups is 1. The highest BCUT2D eigenvalue weighted by atomic mass is 32.2. The zero-order chi connectivity index (χ0) is 21.3. The van der Waals surface area contributed by atoms with E-state index in [0.29, 0.717) is 11.4 Å². The lowest BCUT2D eigenvalue weighted by Crippen LogP contribution is -2.27. The molecule has 1 aliphatic rings. The molecule has 0 N–H and O–H groups in total. The monoisotopic (exact) mass is 419 g/mol. The molecule has 0 spiro atoms. The summed E-state index contributed by atoms with van der Waals surface area (Å²) in [4.78, 5) is 36.8. The van der Waals surface area contributed by atoms with Gasteiger partial charge in [0.05, 0.1) is 9.83 Å². The normalized spacial score (nSPS) is 15.3. The lowest BCUT2D eigenvalue weighted by molar-refractivity contribution is -0.384. The Morgan fingerprint density at radius 2 is 1.93 bits per heavy atom. The third-order valence-electron chi connectivity index (χ3n) is 4.77. The van der Waals surface area contributed by atoms with Crippen LogP contribution in [0.5, 0.6) is 0 Å². The summed E-state index contributed by atoms with van der Waals surface area (Å²) in [6, 6.07) is 14.2. The molecule has 3 aromatic rings. The van der Waals surface area contributed by atoms with Crippen molar-refractivity contribution in [3.8, 4) is 0 Å². The first-order valence-electron chi connectivity index (χ1n) is 9.15. The number of rotatable bonds is 6. The molecule has 8 heteroatoms. The van der Waals surface area contributed by atoms with E-state index in [4.69, 9.17) is 0 Å². The van der Waals surface area contributed by atoms with E-state index in [2.05, 4.69) is 6.58 Å². The van der Waals surface area contributed by atoms with Crippen LogP contribution in [0, 0.1) is 10.1 Å². The van der Waals surface area contributed by atoms with Crippen molar-refractivity contribution in [1.82, 2.24) is 9.47 Å². The van der Waals surface area contributed by atoms with Crippen LogP contribution in [0.3, 0.4) is 0 Å². The van der Waals surface area contributed by atoms with Crippen molar-refractivity contribution in [1.29, 1.82) is 0 Å².